The van der Waals surface area contributed by atoms with E-state index in [1.54, 1.807) is 20.0 Å². The van der Waals surface area contributed by atoms with Gasteiger partial charge in [0.2, 0.25) is 11.7 Å². The number of halogens is 1. The summed E-state index contributed by atoms with van der Waals surface area (Å²) in [6.07, 6.45) is 5.57. The lowest BCUT2D eigenvalue weighted by molar-refractivity contribution is -0.301. The first-order valence-electron chi connectivity index (χ1n) is 12.7. The number of ketones is 1. The Hall–Kier alpha value is -3.90. The molecule has 2 N–H and O–H groups in total. The fourth-order valence-corrected chi connectivity index (χ4v) is 4.26. The van der Waals surface area contributed by atoms with E-state index in [4.69, 9.17) is 0 Å². The van der Waals surface area contributed by atoms with E-state index >= 15 is 0 Å². The van der Waals surface area contributed by atoms with Crippen molar-refractivity contribution in [1.82, 2.24) is 20.0 Å². The number of likely N-dealkylation sites (tertiary alicyclic amines) is 1. The first kappa shape index (κ1) is 31.3. The molecular weight excluding hydrogens is 509 g/mol. The molecule has 1 atom stereocenters. The van der Waals surface area contributed by atoms with E-state index in [1.165, 1.54) is 42.1 Å². The predicted octanol–water partition coefficient (Wildman–Crippen LogP) is -0.0664. The lowest BCUT2D eigenvalue weighted by Crippen LogP contribution is -2.39. The molecule has 1 aliphatic rings. The molecule has 1 saturated heterocycles. The maximum absolute atomic E-state index is 14.1. The number of nitrogens with one attached hydrogen (secondary N) is 2. The third-order valence-electron chi connectivity index (χ3n) is 6.21. The van der Waals surface area contributed by atoms with E-state index in [-0.39, 0.29) is 29.4 Å². The summed E-state index contributed by atoms with van der Waals surface area (Å²) in [7, 11) is 1.65. The Labute approximate surface area is 226 Å². The Balaban J connectivity index is 0.000000580. The predicted molar refractivity (Wildman–Crippen MR) is 138 cm³/mol. The van der Waals surface area contributed by atoms with Crippen molar-refractivity contribution in [3.8, 4) is 0 Å². The third kappa shape index (κ3) is 10.1. The van der Waals surface area contributed by atoms with Gasteiger partial charge in [-0.3, -0.25) is 14.3 Å². The Kier molecular flexibility index (Phi) is 12.4. The van der Waals surface area contributed by atoms with E-state index in [9.17, 15) is 33.8 Å². The number of carbonyl (C=O) groups excluding carboxylic acids is 4. The maximum Gasteiger partial charge on any atom is 0.239 e. The molecule has 0 radical (unpaired) electrons. The number of amides is 1. The van der Waals surface area contributed by atoms with Crippen LogP contribution in [-0.2, 0) is 21.4 Å². The number of carbonyl (C=O) groups is 4. The normalized spacial score (nSPS) is 15.4. The van der Waals surface area contributed by atoms with Crippen molar-refractivity contribution >= 4 is 29.4 Å². The molecule has 39 heavy (non-hydrogen) atoms. The summed E-state index contributed by atoms with van der Waals surface area (Å²) in [5, 5.41) is 29.0. The first-order chi connectivity index (χ1) is 18.5. The summed E-state index contributed by atoms with van der Waals surface area (Å²) in [6, 6.07) is 6.44. The molecule has 212 valence electrons. The fraction of sp³-hybridized carbons (Fsp3) is 0.444. The van der Waals surface area contributed by atoms with Crippen LogP contribution in [0.4, 0.5) is 10.2 Å². The van der Waals surface area contributed by atoms with E-state index in [0.29, 0.717) is 23.9 Å². The highest BCUT2D eigenvalue weighted by Gasteiger charge is 2.25. The van der Waals surface area contributed by atoms with Crippen LogP contribution in [0, 0.1) is 12.7 Å². The largest absolute Gasteiger partial charge is 0.545 e. The van der Waals surface area contributed by atoms with Crippen LogP contribution in [0.1, 0.15) is 54.2 Å². The van der Waals surface area contributed by atoms with E-state index in [0.717, 1.165) is 26.1 Å². The number of anilines is 1. The number of piperidine rings is 1. The zero-order chi connectivity index (χ0) is 28.9. The number of aromatic nitrogens is 2. The second-order valence-corrected chi connectivity index (χ2v) is 9.17. The van der Waals surface area contributed by atoms with Gasteiger partial charge in [0.05, 0.1) is 35.3 Å². The van der Waals surface area contributed by atoms with Gasteiger partial charge in [-0.15, -0.1) is 0 Å². The summed E-state index contributed by atoms with van der Waals surface area (Å²) in [4.78, 5) is 46.7. The van der Waals surface area contributed by atoms with Crippen molar-refractivity contribution in [3.05, 3.63) is 59.1 Å². The van der Waals surface area contributed by atoms with E-state index in [1.807, 2.05) is 0 Å². The van der Waals surface area contributed by atoms with Crippen molar-refractivity contribution < 1.29 is 33.8 Å². The number of hydrogen-bond acceptors (Lipinski definition) is 9. The Bertz CT molecular complexity index is 1180. The van der Waals surface area contributed by atoms with Crippen molar-refractivity contribution in [1.29, 1.82) is 0 Å². The van der Waals surface area contributed by atoms with Gasteiger partial charge in [-0.2, -0.15) is 5.10 Å². The SMILES string of the molecule is Cc1nn(C)c(NC(=O)CNCCCN2CCCCC2C)c1C(=O)c1ccccc1F.O=C([O-])C=CC(=O)[O-]. The fourth-order valence-electron chi connectivity index (χ4n) is 4.26. The van der Waals surface area contributed by atoms with Gasteiger partial charge in [-0.25, -0.2) is 4.39 Å². The molecule has 1 aliphatic heterocycles. The van der Waals surface area contributed by atoms with Crippen molar-refractivity contribution in [2.75, 3.05) is 31.5 Å². The van der Waals surface area contributed by atoms with E-state index < -0.39 is 23.5 Å². The molecular formula is C27H34FN5O6-2. The molecule has 1 fully saturated rings. The Morgan fingerprint density at radius 2 is 1.79 bits per heavy atom. The standard InChI is InChI=1S/C23H32FN5O2.C4H4O4/c1-16-9-6-7-13-29(16)14-8-12-25-15-20(30)26-23-21(17(2)27-28(23)3)22(31)18-10-4-5-11-19(18)24;5-3(6)1-2-4(7)8/h4-5,10-11,16,25H,6-9,12-15H2,1-3H3,(H,26,30);1-2H,(H,5,6)(H,7,8)/p-2. The van der Waals surface area contributed by atoms with Crippen LogP contribution in [0.3, 0.4) is 0 Å². The Morgan fingerprint density at radius 1 is 1.13 bits per heavy atom. The molecule has 12 heteroatoms. The van der Waals surface area contributed by atoms with Crippen LogP contribution >= 0.6 is 0 Å². The summed E-state index contributed by atoms with van der Waals surface area (Å²) in [6.45, 7) is 6.99. The Morgan fingerprint density at radius 3 is 2.41 bits per heavy atom. The molecule has 0 spiro atoms. The average molecular weight is 544 g/mol. The van der Waals surface area contributed by atoms with Crippen LogP contribution in [-0.4, -0.2) is 70.5 Å². The molecule has 3 rings (SSSR count). The van der Waals surface area contributed by atoms with Crippen LogP contribution in [0.25, 0.3) is 0 Å². The van der Waals surface area contributed by atoms with Gasteiger partial charge >= 0.3 is 0 Å². The summed E-state index contributed by atoms with van der Waals surface area (Å²) >= 11 is 0. The van der Waals surface area contributed by atoms with Gasteiger partial charge in [0.15, 0.2) is 0 Å². The highest BCUT2D eigenvalue weighted by molar-refractivity contribution is 6.14. The van der Waals surface area contributed by atoms with Gasteiger partial charge in [0.1, 0.15) is 11.6 Å². The minimum Gasteiger partial charge on any atom is -0.545 e. The zero-order valence-electron chi connectivity index (χ0n) is 22.4. The second-order valence-electron chi connectivity index (χ2n) is 9.17. The molecule has 11 nitrogen and oxygen atoms in total. The molecule has 2 aromatic rings. The van der Waals surface area contributed by atoms with Gasteiger partial charge < -0.3 is 35.3 Å². The minimum atomic E-state index is -1.55. The number of hydrogen-bond donors (Lipinski definition) is 2. The molecule has 1 aromatic heterocycles. The molecule has 0 aliphatic carbocycles. The van der Waals surface area contributed by atoms with Crippen LogP contribution in [0.2, 0.25) is 0 Å². The molecule has 2 heterocycles. The highest BCUT2D eigenvalue weighted by Crippen LogP contribution is 2.23. The number of carboxylic acids is 2. The highest BCUT2D eigenvalue weighted by atomic mass is 19.1. The lowest BCUT2D eigenvalue weighted by Gasteiger charge is -2.33. The van der Waals surface area contributed by atoms with Crippen molar-refractivity contribution in [3.63, 3.8) is 0 Å². The number of rotatable bonds is 11. The van der Waals surface area contributed by atoms with Gasteiger partial charge in [-0.1, -0.05) is 18.6 Å². The summed E-state index contributed by atoms with van der Waals surface area (Å²) in [5.74, 6) is -4.18. The molecule has 1 aromatic carbocycles. The number of benzene rings is 1. The quantitative estimate of drug-likeness (QED) is 0.225. The van der Waals surface area contributed by atoms with Crippen LogP contribution < -0.4 is 20.8 Å². The van der Waals surface area contributed by atoms with Gasteiger partial charge in [0.25, 0.3) is 0 Å². The first-order valence-corrected chi connectivity index (χ1v) is 12.7. The van der Waals surface area contributed by atoms with E-state index in [2.05, 4.69) is 27.6 Å². The smallest absolute Gasteiger partial charge is 0.239 e. The number of aliphatic carboxylic acids is 2. The molecule has 0 bridgehead atoms. The van der Waals surface area contributed by atoms with Crippen molar-refractivity contribution in [2.24, 2.45) is 7.05 Å². The molecule has 1 unspecified atom stereocenters. The average Bonchev–Trinajstić information content (AvgIpc) is 3.16. The minimum absolute atomic E-state index is 0.0424. The molecule has 0 saturated carbocycles. The summed E-state index contributed by atoms with van der Waals surface area (Å²) < 4.78 is 15.6. The second kappa shape index (κ2) is 15.5. The number of aryl methyl sites for hydroxylation is 2. The monoisotopic (exact) mass is 543 g/mol. The van der Waals surface area contributed by atoms with Crippen LogP contribution in [0.15, 0.2) is 36.4 Å². The topological polar surface area (TPSA) is 160 Å². The zero-order valence-corrected chi connectivity index (χ0v) is 22.4. The van der Waals surface area contributed by atoms with Crippen molar-refractivity contribution in [2.45, 2.75) is 45.6 Å². The third-order valence-corrected chi connectivity index (χ3v) is 6.21. The molecule has 1 amide bonds. The number of nitrogens with zero attached hydrogens (tertiary/aromatic N) is 3. The van der Waals surface area contributed by atoms with Crippen LogP contribution in [0.5, 0.6) is 0 Å². The number of carboxylic acid groups (broad SMARTS) is 2. The van der Waals surface area contributed by atoms with Gasteiger partial charge in [0, 0.05) is 13.1 Å². The lowest BCUT2D eigenvalue weighted by atomic mass is 10.0. The van der Waals surface area contributed by atoms with Gasteiger partial charge in [-0.05, 0) is 77.0 Å². The summed E-state index contributed by atoms with van der Waals surface area (Å²) in [5.41, 5.74) is 0.605. The maximum atomic E-state index is 14.1.